The molecule has 0 atom stereocenters. The maximum absolute atomic E-state index is 4.56. The van der Waals surface area contributed by atoms with Crippen LogP contribution in [0.25, 0.3) is 10.9 Å². The van der Waals surface area contributed by atoms with E-state index in [9.17, 15) is 0 Å². The number of anilines is 2. The van der Waals surface area contributed by atoms with Crippen LogP contribution in [0.2, 0.25) is 0 Å². The Bertz CT molecular complexity index is 737. The minimum atomic E-state index is 0.613. The lowest BCUT2D eigenvalue weighted by Crippen LogP contribution is -2.07. The van der Waals surface area contributed by atoms with Crippen LogP contribution < -0.4 is 10.6 Å². The van der Waals surface area contributed by atoms with Crippen molar-refractivity contribution in [1.29, 1.82) is 0 Å². The number of rotatable bonds is 6. The van der Waals surface area contributed by atoms with Crippen LogP contribution in [0.4, 0.5) is 11.8 Å². The molecule has 0 spiro atoms. The van der Waals surface area contributed by atoms with Crippen molar-refractivity contribution in [2.45, 2.75) is 6.54 Å². The molecular weight excluding hydrogens is 280 g/mol. The van der Waals surface area contributed by atoms with Gasteiger partial charge in [0.15, 0.2) is 0 Å². The minimum absolute atomic E-state index is 0.613. The molecule has 5 heteroatoms. The van der Waals surface area contributed by atoms with E-state index in [-0.39, 0.29) is 0 Å². The van der Waals surface area contributed by atoms with Gasteiger partial charge in [-0.25, -0.2) is 4.98 Å². The molecule has 0 fully saturated rings. The highest BCUT2D eigenvalue weighted by Gasteiger charge is 2.07. The van der Waals surface area contributed by atoms with Crippen LogP contribution in [0, 0.1) is 0 Å². The third-order valence-corrected chi connectivity index (χ3v) is 3.89. The molecule has 0 aliphatic carbocycles. The first-order valence-corrected chi connectivity index (χ1v) is 7.62. The van der Waals surface area contributed by atoms with E-state index in [1.807, 2.05) is 24.3 Å². The lowest BCUT2D eigenvalue weighted by atomic mass is 10.2. The van der Waals surface area contributed by atoms with Crippen LogP contribution in [0.15, 0.2) is 54.4 Å². The number of thiophene rings is 1. The zero-order valence-corrected chi connectivity index (χ0v) is 12.4. The normalized spacial score (nSPS) is 10.5. The van der Waals surface area contributed by atoms with Gasteiger partial charge >= 0.3 is 0 Å². The molecule has 0 saturated heterocycles. The summed E-state index contributed by atoms with van der Waals surface area (Å²) in [6.45, 7) is 5.10. The highest BCUT2D eigenvalue weighted by molar-refractivity contribution is 7.09. The highest BCUT2D eigenvalue weighted by Crippen LogP contribution is 2.22. The molecule has 21 heavy (non-hydrogen) atoms. The summed E-state index contributed by atoms with van der Waals surface area (Å²) >= 11 is 1.73. The fourth-order valence-electron chi connectivity index (χ4n) is 2.04. The first-order chi connectivity index (χ1) is 10.4. The zero-order valence-electron chi connectivity index (χ0n) is 11.5. The predicted molar refractivity (Wildman–Crippen MR) is 89.9 cm³/mol. The number of nitrogens with zero attached hydrogens (tertiary/aromatic N) is 2. The van der Waals surface area contributed by atoms with Crippen LogP contribution in [0.5, 0.6) is 0 Å². The molecule has 106 valence electrons. The van der Waals surface area contributed by atoms with Gasteiger partial charge in [-0.1, -0.05) is 24.3 Å². The lowest BCUT2D eigenvalue weighted by molar-refractivity contribution is 1.11. The summed E-state index contributed by atoms with van der Waals surface area (Å²) in [7, 11) is 0. The van der Waals surface area contributed by atoms with E-state index >= 15 is 0 Å². The lowest BCUT2D eigenvalue weighted by Gasteiger charge is -2.10. The highest BCUT2D eigenvalue weighted by atomic mass is 32.1. The molecule has 3 rings (SSSR count). The van der Waals surface area contributed by atoms with Gasteiger partial charge in [-0.2, -0.15) is 4.98 Å². The Kier molecular flexibility index (Phi) is 4.12. The molecule has 0 aliphatic heterocycles. The predicted octanol–water partition coefficient (Wildman–Crippen LogP) is 3.90. The summed E-state index contributed by atoms with van der Waals surface area (Å²) in [5.74, 6) is 1.46. The summed E-state index contributed by atoms with van der Waals surface area (Å²) in [5, 5.41) is 9.64. The van der Waals surface area contributed by atoms with Gasteiger partial charge in [0.05, 0.1) is 12.1 Å². The van der Waals surface area contributed by atoms with Gasteiger partial charge in [-0.05, 0) is 23.6 Å². The van der Waals surface area contributed by atoms with E-state index < -0.39 is 0 Å². The number of fused-ring (bicyclic) bond motifs is 1. The summed E-state index contributed by atoms with van der Waals surface area (Å²) < 4.78 is 0. The maximum Gasteiger partial charge on any atom is 0.225 e. The van der Waals surface area contributed by atoms with Crippen molar-refractivity contribution in [2.75, 3.05) is 17.2 Å². The zero-order chi connectivity index (χ0) is 14.5. The Labute approximate surface area is 127 Å². The van der Waals surface area contributed by atoms with Crippen molar-refractivity contribution in [2.24, 2.45) is 0 Å². The van der Waals surface area contributed by atoms with Crippen molar-refractivity contribution < 1.29 is 0 Å². The Morgan fingerprint density at radius 2 is 2.00 bits per heavy atom. The molecule has 2 aromatic heterocycles. The van der Waals surface area contributed by atoms with E-state index in [4.69, 9.17) is 0 Å². The smallest absolute Gasteiger partial charge is 0.225 e. The van der Waals surface area contributed by atoms with Crippen LogP contribution in [-0.2, 0) is 6.54 Å². The standard InChI is InChI=1S/C16H16N4S/c1-2-9-17-16-19-14-8-4-3-7-13(14)15(20-16)18-11-12-6-5-10-21-12/h2-8,10H,1,9,11H2,(H2,17,18,19,20). The van der Waals surface area contributed by atoms with Gasteiger partial charge < -0.3 is 10.6 Å². The van der Waals surface area contributed by atoms with E-state index in [2.05, 4.69) is 44.7 Å². The molecule has 0 radical (unpaired) electrons. The van der Waals surface area contributed by atoms with E-state index in [1.165, 1.54) is 4.88 Å². The van der Waals surface area contributed by atoms with Gasteiger partial charge in [0.1, 0.15) is 5.82 Å². The van der Waals surface area contributed by atoms with Crippen molar-refractivity contribution in [1.82, 2.24) is 9.97 Å². The Hall–Kier alpha value is -2.40. The topological polar surface area (TPSA) is 49.8 Å². The van der Waals surface area contributed by atoms with E-state index in [1.54, 1.807) is 17.4 Å². The Balaban J connectivity index is 1.91. The molecular formula is C16H16N4S. The quantitative estimate of drug-likeness (QED) is 0.677. The van der Waals surface area contributed by atoms with E-state index in [0.717, 1.165) is 23.3 Å². The maximum atomic E-state index is 4.56. The minimum Gasteiger partial charge on any atom is -0.364 e. The average Bonchev–Trinajstić information content (AvgIpc) is 3.04. The van der Waals surface area contributed by atoms with Crippen LogP contribution in [0.1, 0.15) is 4.88 Å². The number of aromatic nitrogens is 2. The van der Waals surface area contributed by atoms with Gasteiger partial charge in [-0.3, -0.25) is 0 Å². The third kappa shape index (κ3) is 3.20. The molecule has 2 N–H and O–H groups in total. The fraction of sp³-hybridized carbons (Fsp3) is 0.125. The average molecular weight is 296 g/mol. The van der Waals surface area contributed by atoms with Gasteiger partial charge in [-0.15, -0.1) is 17.9 Å². The Morgan fingerprint density at radius 1 is 1.10 bits per heavy atom. The van der Waals surface area contributed by atoms with Crippen LogP contribution in [0.3, 0.4) is 0 Å². The second-order valence-electron chi connectivity index (χ2n) is 4.52. The Morgan fingerprint density at radius 3 is 2.81 bits per heavy atom. The number of nitrogens with one attached hydrogen (secondary N) is 2. The van der Waals surface area contributed by atoms with Gasteiger partial charge in [0.25, 0.3) is 0 Å². The third-order valence-electron chi connectivity index (χ3n) is 3.02. The molecule has 1 aromatic carbocycles. The summed E-state index contributed by atoms with van der Waals surface area (Å²) in [6, 6.07) is 12.2. The molecule has 0 amide bonds. The van der Waals surface area contributed by atoms with Crippen LogP contribution in [-0.4, -0.2) is 16.5 Å². The van der Waals surface area contributed by atoms with Crippen molar-refractivity contribution in [3.63, 3.8) is 0 Å². The number of hydrogen-bond acceptors (Lipinski definition) is 5. The van der Waals surface area contributed by atoms with Crippen molar-refractivity contribution in [3.05, 3.63) is 59.3 Å². The molecule has 0 bridgehead atoms. The van der Waals surface area contributed by atoms with Gasteiger partial charge in [0, 0.05) is 16.8 Å². The monoisotopic (exact) mass is 296 g/mol. The number of hydrogen-bond donors (Lipinski definition) is 2. The van der Waals surface area contributed by atoms with E-state index in [0.29, 0.717) is 12.5 Å². The van der Waals surface area contributed by atoms with Crippen molar-refractivity contribution in [3.8, 4) is 0 Å². The molecule has 3 aromatic rings. The van der Waals surface area contributed by atoms with Gasteiger partial charge in [0.2, 0.25) is 5.95 Å². The largest absolute Gasteiger partial charge is 0.364 e. The molecule has 0 unspecified atom stereocenters. The second kappa shape index (κ2) is 6.37. The molecule has 4 nitrogen and oxygen atoms in total. The first-order valence-electron chi connectivity index (χ1n) is 6.74. The first kappa shape index (κ1) is 13.6. The second-order valence-corrected chi connectivity index (χ2v) is 5.55. The number of para-hydroxylation sites is 1. The van der Waals surface area contributed by atoms with Crippen LogP contribution >= 0.6 is 11.3 Å². The molecule has 0 aliphatic rings. The SMILES string of the molecule is C=CCNc1nc(NCc2cccs2)c2ccccc2n1. The molecule has 2 heterocycles. The molecule has 0 saturated carbocycles. The number of benzene rings is 1. The summed E-state index contributed by atoms with van der Waals surface area (Å²) in [6.07, 6.45) is 1.79. The fourth-order valence-corrected chi connectivity index (χ4v) is 2.68. The summed E-state index contributed by atoms with van der Waals surface area (Å²) in [4.78, 5) is 10.3. The van der Waals surface area contributed by atoms with Crippen molar-refractivity contribution >= 4 is 34.0 Å². The summed E-state index contributed by atoms with van der Waals surface area (Å²) in [5.41, 5.74) is 0.924.